The van der Waals surface area contributed by atoms with Crippen molar-refractivity contribution >= 4 is 17.5 Å². The van der Waals surface area contributed by atoms with Crippen LogP contribution in [0.2, 0.25) is 0 Å². The molecule has 0 radical (unpaired) electrons. The second-order valence-corrected chi connectivity index (χ2v) is 5.94. The lowest BCUT2D eigenvalue weighted by Crippen LogP contribution is -2.35. The van der Waals surface area contributed by atoms with Crippen LogP contribution >= 0.6 is 11.6 Å². The van der Waals surface area contributed by atoms with Gasteiger partial charge in [-0.25, -0.2) is 0 Å². The summed E-state index contributed by atoms with van der Waals surface area (Å²) >= 11 is 5.71. The lowest BCUT2D eigenvalue weighted by molar-refractivity contribution is -0.128. The molecule has 0 spiro atoms. The molecule has 0 aliphatic carbocycles. The van der Waals surface area contributed by atoms with Crippen LogP contribution in [0.3, 0.4) is 0 Å². The fourth-order valence-corrected chi connectivity index (χ4v) is 3.35. The number of nitrogens with zero attached hydrogens (tertiary/aromatic N) is 1. The third kappa shape index (κ3) is 3.26. The van der Waals surface area contributed by atoms with Gasteiger partial charge in [-0.05, 0) is 11.1 Å². The second-order valence-electron chi connectivity index (χ2n) is 5.67. The summed E-state index contributed by atoms with van der Waals surface area (Å²) in [6.07, 6.45) is 0.712. The van der Waals surface area contributed by atoms with Gasteiger partial charge in [0.25, 0.3) is 0 Å². The predicted octanol–water partition coefficient (Wildman–Crippen LogP) is 3.42. The number of rotatable bonds is 3. The molecular formula is C19H20ClNO2. The number of hydrogen-bond acceptors (Lipinski definition) is 2. The summed E-state index contributed by atoms with van der Waals surface area (Å²) in [5, 5.41) is 0. The van der Waals surface area contributed by atoms with Gasteiger partial charge in [-0.15, -0.1) is 11.6 Å². The summed E-state index contributed by atoms with van der Waals surface area (Å²) in [5.41, 5.74) is 1.71. The Hall–Kier alpha value is -1.84. The van der Waals surface area contributed by atoms with Crippen LogP contribution in [-0.4, -0.2) is 36.4 Å². The average Bonchev–Trinajstić information content (AvgIpc) is 2.86. The Kier molecular flexibility index (Phi) is 4.99. The highest BCUT2D eigenvalue weighted by Crippen LogP contribution is 2.38. The molecule has 2 aromatic rings. The minimum atomic E-state index is -0.524. The van der Waals surface area contributed by atoms with Crippen LogP contribution in [0.4, 0.5) is 0 Å². The van der Waals surface area contributed by atoms with E-state index in [4.69, 9.17) is 16.3 Å². The highest BCUT2D eigenvalue weighted by Gasteiger charge is 2.38. The number of alkyl halides is 1. The molecule has 0 unspecified atom stereocenters. The van der Waals surface area contributed by atoms with Crippen LogP contribution in [0.15, 0.2) is 60.7 Å². The molecule has 1 heterocycles. The van der Waals surface area contributed by atoms with Crippen molar-refractivity contribution in [1.29, 1.82) is 0 Å². The molecule has 1 amide bonds. The van der Waals surface area contributed by atoms with E-state index in [-0.39, 0.29) is 11.8 Å². The summed E-state index contributed by atoms with van der Waals surface area (Å²) in [6, 6.07) is 20.5. The fourth-order valence-electron chi connectivity index (χ4n) is 3.18. The van der Waals surface area contributed by atoms with Crippen molar-refractivity contribution < 1.29 is 9.53 Å². The summed E-state index contributed by atoms with van der Waals surface area (Å²) < 4.78 is 6.35. The minimum absolute atomic E-state index is 0.0175. The van der Waals surface area contributed by atoms with Gasteiger partial charge in [0.1, 0.15) is 11.5 Å². The second kappa shape index (κ2) is 7.16. The first kappa shape index (κ1) is 16.0. The molecule has 0 aromatic heterocycles. The number of ether oxygens (including phenoxy) is 1. The lowest BCUT2D eigenvalue weighted by Gasteiger charge is -2.33. The molecule has 23 heavy (non-hydrogen) atoms. The smallest absolute Gasteiger partial charge is 0.237 e. The van der Waals surface area contributed by atoms with E-state index in [9.17, 15) is 4.79 Å². The summed E-state index contributed by atoms with van der Waals surface area (Å²) in [5.74, 6) is -0.0175. The van der Waals surface area contributed by atoms with Crippen molar-refractivity contribution in [2.45, 2.75) is 12.0 Å². The standard InChI is InChI=1S/C19H20ClNO2/c20-15-18(22)21-12-11-19(23-14-13-21,16-7-3-1-4-8-16)17-9-5-2-6-10-17/h1-10H,11-15H2. The number of carbonyl (C=O) groups is 1. The van der Waals surface area contributed by atoms with Gasteiger partial charge in [0, 0.05) is 19.5 Å². The van der Waals surface area contributed by atoms with E-state index in [1.165, 1.54) is 0 Å². The summed E-state index contributed by atoms with van der Waals surface area (Å²) in [4.78, 5) is 13.7. The predicted molar refractivity (Wildman–Crippen MR) is 91.5 cm³/mol. The van der Waals surface area contributed by atoms with Gasteiger partial charge in [-0.3, -0.25) is 4.79 Å². The van der Waals surface area contributed by atoms with Crippen LogP contribution in [0.25, 0.3) is 0 Å². The Morgan fingerprint density at radius 1 is 1.00 bits per heavy atom. The molecule has 4 heteroatoms. The molecule has 1 aliphatic heterocycles. The highest BCUT2D eigenvalue weighted by molar-refractivity contribution is 6.27. The maximum absolute atomic E-state index is 11.9. The molecule has 3 rings (SSSR count). The fraction of sp³-hybridized carbons (Fsp3) is 0.316. The molecule has 1 fully saturated rings. The van der Waals surface area contributed by atoms with E-state index in [1.54, 1.807) is 4.90 Å². The van der Waals surface area contributed by atoms with Crippen LogP contribution in [0.5, 0.6) is 0 Å². The van der Waals surface area contributed by atoms with Crippen LogP contribution < -0.4 is 0 Å². The third-order valence-corrected chi connectivity index (χ3v) is 4.62. The van der Waals surface area contributed by atoms with E-state index in [0.717, 1.165) is 11.1 Å². The van der Waals surface area contributed by atoms with Crippen LogP contribution in [0, 0.1) is 0 Å². The van der Waals surface area contributed by atoms with Crippen molar-refractivity contribution in [3.8, 4) is 0 Å². The summed E-state index contributed by atoms with van der Waals surface area (Å²) in [6.45, 7) is 1.70. The number of amides is 1. The highest BCUT2D eigenvalue weighted by atomic mass is 35.5. The Labute approximate surface area is 141 Å². The SMILES string of the molecule is O=C(CCl)N1CCOC(c2ccccc2)(c2ccccc2)CC1. The van der Waals surface area contributed by atoms with Gasteiger partial charge in [0.05, 0.1) is 6.61 Å². The molecule has 120 valence electrons. The van der Waals surface area contributed by atoms with E-state index in [2.05, 4.69) is 24.3 Å². The first-order valence-corrected chi connectivity index (χ1v) is 8.38. The molecule has 0 atom stereocenters. The van der Waals surface area contributed by atoms with Gasteiger partial charge >= 0.3 is 0 Å². The molecule has 3 nitrogen and oxygen atoms in total. The molecular weight excluding hydrogens is 310 g/mol. The van der Waals surface area contributed by atoms with Crippen molar-refractivity contribution in [1.82, 2.24) is 4.90 Å². The monoisotopic (exact) mass is 329 g/mol. The zero-order valence-electron chi connectivity index (χ0n) is 13.0. The summed E-state index contributed by atoms with van der Waals surface area (Å²) in [7, 11) is 0. The molecule has 1 saturated heterocycles. The van der Waals surface area contributed by atoms with Gasteiger partial charge < -0.3 is 9.64 Å². The first-order chi connectivity index (χ1) is 11.3. The molecule has 0 bridgehead atoms. The van der Waals surface area contributed by atoms with Crippen LogP contribution in [0.1, 0.15) is 17.5 Å². The minimum Gasteiger partial charge on any atom is -0.364 e. The van der Waals surface area contributed by atoms with Crippen molar-refractivity contribution in [3.05, 3.63) is 71.8 Å². The number of benzene rings is 2. The first-order valence-electron chi connectivity index (χ1n) is 7.85. The van der Waals surface area contributed by atoms with Gasteiger partial charge in [-0.2, -0.15) is 0 Å². The Morgan fingerprint density at radius 2 is 1.57 bits per heavy atom. The third-order valence-electron chi connectivity index (χ3n) is 4.39. The molecule has 1 aliphatic rings. The van der Waals surface area contributed by atoms with Crippen molar-refractivity contribution in [2.24, 2.45) is 0 Å². The maximum Gasteiger partial charge on any atom is 0.237 e. The Balaban J connectivity index is 1.99. The van der Waals surface area contributed by atoms with Crippen LogP contribution in [-0.2, 0) is 15.1 Å². The topological polar surface area (TPSA) is 29.5 Å². The Bertz CT molecular complexity index is 605. The van der Waals surface area contributed by atoms with Gasteiger partial charge in [0.2, 0.25) is 5.91 Å². The maximum atomic E-state index is 11.9. The van der Waals surface area contributed by atoms with Crippen molar-refractivity contribution in [2.75, 3.05) is 25.6 Å². The zero-order valence-corrected chi connectivity index (χ0v) is 13.7. The molecule has 0 saturated carbocycles. The van der Waals surface area contributed by atoms with E-state index in [0.29, 0.717) is 26.1 Å². The molecule has 2 aromatic carbocycles. The quantitative estimate of drug-likeness (QED) is 0.808. The van der Waals surface area contributed by atoms with E-state index < -0.39 is 5.60 Å². The van der Waals surface area contributed by atoms with Gasteiger partial charge in [-0.1, -0.05) is 60.7 Å². The van der Waals surface area contributed by atoms with E-state index >= 15 is 0 Å². The van der Waals surface area contributed by atoms with Crippen molar-refractivity contribution in [3.63, 3.8) is 0 Å². The van der Waals surface area contributed by atoms with E-state index in [1.807, 2.05) is 36.4 Å². The lowest BCUT2D eigenvalue weighted by atomic mass is 9.83. The normalized spacial score (nSPS) is 17.5. The zero-order chi connectivity index (χ0) is 16.1. The largest absolute Gasteiger partial charge is 0.364 e. The number of halogens is 1. The molecule has 0 N–H and O–H groups in total. The average molecular weight is 330 g/mol. The Morgan fingerprint density at radius 3 is 2.09 bits per heavy atom. The number of hydrogen-bond donors (Lipinski definition) is 0. The van der Waals surface area contributed by atoms with Gasteiger partial charge in [0.15, 0.2) is 0 Å². The number of carbonyl (C=O) groups excluding carboxylic acids is 1.